The Labute approximate surface area is 129 Å². The number of hydrogen-bond acceptors (Lipinski definition) is 2. The van der Waals surface area contributed by atoms with Crippen LogP contribution in [0.2, 0.25) is 0 Å². The molecule has 22 heavy (non-hydrogen) atoms. The molecule has 2 rings (SSSR count). The highest BCUT2D eigenvalue weighted by Gasteiger charge is 2.00. The smallest absolute Gasteiger partial charge is 0.126 e. The van der Waals surface area contributed by atoms with Gasteiger partial charge in [-0.25, -0.2) is 8.78 Å². The van der Waals surface area contributed by atoms with Gasteiger partial charge in [0.25, 0.3) is 0 Å². The molecule has 2 N–H and O–H groups in total. The molecular formula is C18H20F2N2. The van der Waals surface area contributed by atoms with Crippen LogP contribution in [0, 0.1) is 11.6 Å². The van der Waals surface area contributed by atoms with Gasteiger partial charge in [0, 0.05) is 13.1 Å². The predicted molar refractivity (Wildman–Crippen MR) is 85.4 cm³/mol. The highest BCUT2D eigenvalue weighted by Crippen LogP contribution is 2.06. The largest absolute Gasteiger partial charge is 0.372 e. The Bertz CT molecular complexity index is 609. The van der Waals surface area contributed by atoms with Crippen molar-refractivity contribution in [3.63, 3.8) is 0 Å². The van der Waals surface area contributed by atoms with Crippen molar-refractivity contribution in [2.45, 2.75) is 12.8 Å². The minimum absolute atomic E-state index is 0.181. The summed E-state index contributed by atoms with van der Waals surface area (Å²) in [6, 6.07) is 13.2. The number of halogens is 2. The first-order chi connectivity index (χ1) is 10.6. The molecule has 0 spiro atoms. The van der Waals surface area contributed by atoms with E-state index in [9.17, 15) is 8.78 Å². The van der Waals surface area contributed by atoms with Gasteiger partial charge in [-0.2, -0.15) is 0 Å². The third-order valence-electron chi connectivity index (χ3n) is 3.36. The van der Waals surface area contributed by atoms with Crippen molar-refractivity contribution in [1.82, 2.24) is 10.6 Å². The SMILES string of the molecule is C=C(NCCc1ccc(F)cc1)NCCc1ccccc1F. The van der Waals surface area contributed by atoms with Gasteiger partial charge in [0.05, 0.1) is 5.82 Å². The molecule has 0 amide bonds. The van der Waals surface area contributed by atoms with Crippen LogP contribution in [0.25, 0.3) is 0 Å². The van der Waals surface area contributed by atoms with E-state index < -0.39 is 0 Å². The Kier molecular flexibility index (Phi) is 5.95. The van der Waals surface area contributed by atoms with Gasteiger partial charge in [-0.05, 0) is 42.2 Å². The summed E-state index contributed by atoms with van der Waals surface area (Å²) in [6.07, 6.45) is 1.39. The van der Waals surface area contributed by atoms with Crippen LogP contribution in [0.1, 0.15) is 11.1 Å². The highest BCUT2D eigenvalue weighted by atomic mass is 19.1. The summed E-state index contributed by atoms with van der Waals surface area (Å²) in [7, 11) is 0. The molecule has 116 valence electrons. The van der Waals surface area contributed by atoms with E-state index in [0.29, 0.717) is 30.9 Å². The van der Waals surface area contributed by atoms with E-state index in [0.717, 1.165) is 12.0 Å². The Morgan fingerprint density at radius 1 is 0.864 bits per heavy atom. The van der Waals surface area contributed by atoms with Crippen molar-refractivity contribution in [1.29, 1.82) is 0 Å². The molecule has 0 radical (unpaired) electrons. The topological polar surface area (TPSA) is 24.1 Å². The number of hydrogen-bond donors (Lipinski definition) is 2. The molecule has 0 aliphatic rings. The van der Waals surface area contributed by atoms with Crippen LogP contribution in [-0.4, -0.2) is 13.1 Å². The maximum Gasteiger partial charge on any atom is 0.126 e. The standard InChI is InChI=1S/C18H20F2N2/c1-14(21-12-10-15-6-8-17(19)9-7-15)22-13-11-16-4-2-3-5-18(16)20/h2-9,21-22H,1,10-13H2. The molecule has 0 atom stereocenters. The fourth-order valence-electron chi connectivity index (χ4n) is 2.12. The zero-order valence-corrected chi connectivity index (χ0v) is 12.4. The molecule has 2 aromatic carbocycles. The van der Waals surface area contributed by atoms with Crippen LogP contribution in [-0.2, 0) is 12.8 Å². The molecule has 2 nitrogen and oxygen atoms in total. The van der Waals surface area contributed by atoms with Gasteiger partial charge < -0.3 is 10.6 Å². The van der Waals surface area contributed by atoms with Gasteiger partial charge in [0.15, 0.2) is 0 Å². The lowest BCUT2D eigenvalue weighted by atomic mass is 10.1. The van der Waals surface area contributed by atoms with Crippen molar-refractivity contribution < 1.29 is 8.78 Å². The maximum absolute atomic E-state index is 13.4. The highest BCUT2D eigenvalue weighted by molar-refractivity contribution is 5.18. The molecule has 4 heteroatoms. The molecule has 0 aliphatic carbocycles. The minimum Gasteiger partial charge on any atom is -0.372 e. The van der Waals surface area contributed by atoms with Gasteiger partial charge in [-0.3, -0.25) is 0 Å². The van der Waals surface area contributed by atoms with Crippen molar-refractivity contribution in [3.8, 4) is 0 Å². The average Bonchev–Trinajstić information content (AvgIpc) is 2.51. The lowest BCUT2D eigenvalue weighted by molar-refractivity contribution is 0.601. The van der Waals surface area contributed by atoms with Crippen molar-refractivity contribution in [2.75, 3.05) is 13.1 Å². The van der Waals surface area contributed by atoms with Crippen molar-refractivity contribution >= 4 is 0 Å². The number of benzene rings is 2. The van der Waals surface area contributed by atoms with E-state index >= 15 is 0 Å². The molecule has 0 aromatic heterocycles. The maximum atomic E-state index is 13.4. The lowest BCUT2D eigenvalue weighted by Gasteiger charge is -2.12. The summed E-state index contributed by atoms with van der Waals surface area (Å²) in [5.41, 5.74) is 1.75. The van der Waals surface area contributed by atoms with Gasteiger partial charge in [-0.15, -0.1) is 0 Å². The van der Waals surface area contributed by atoms with E-state index in [1.165, 1.54) is 18.2 Å². The van der Waals surface area contributed by atoms with Crippen LogP contribution in [0.15, 0.2) is 60.9 Å². The normalized spacial score (nSPS) is 10.3. The minimum atomic E-state index is -0.226. The van der Waals surface area contributed by atoms with Crippen LogP contribution >= 0.6 is 0 Å². The van der Waals surface area contributed by atoms with E-state index in [2.05, 4.69) is 17.2 Å². The van der Waals surface area contributed by atoms with Gasteiger partial charge in [0.2, 0.25) is 0 Å². The van der Waals surface area contributed by atoms with E-state index in [-0.39, 0.29) is 11.6 Å². The van der Waals surface area contributed by atoms with Crippen LogP contribution in [0.5, 0.6) is 0 Å². The molecule has 0 saturated carbocycles. The van der Waals surface area contributed by atoms with E-state index in [1.807, 2.05) is 6.07 Å². The third kappa shape index (κ3) is 5.20. The van der Waals surface area contributed by atoms with Gasteiger partial charge in [0.1, 0.15) is 11.6 Å². The number of nitrogens with one attached hydrogen (secondary N) is 2. The quantitative estimate of drug-likeness (QED) is 0.781. The fourth-order valence-corrected chi connectivity index (χ4v) is 2.12. The molecule has 0 aliphatic heterocycles. The molecule has 0 saturated heterocycles. The zero-order chi connectivity index (χ0) is 15.8. The first kappa shape index (κ1) is 16.0. The summed E-state index contributed by atoms with van der Waals surface area (Å²) < 4.78 is 26.2. The summed E-state index contributed by atoms with van der Waals surface area (Å²) in [6.45, 7) is 5.20. The third-order valence-corrected chi connectivity index (χ3v) is 3.36. The average molecular weight is 302 g/mol. The summed E-state index contributed by atoms with van der Waals surface area (Å²) >= 11 is 0. The first-order valence-corrected chi connectivity index (χ1v) is 7.29. The zero-order valence-electron chi connectivity index (χ0n) is 12.4. The second-order valence-electron chi connectivity index (χ2n) is 5.05. The van der Waals surface area contributed by atoms with E-state index in [4.69, 9.17) is 0 Å². The second kappa shape index (κ2) is 8.17. The van der Waals surface area contributed by atoms with Gasteiger partial charge in [-0.1, -0.05) is 36.9 Å². The molecule has 0 unspecified atom stereocenters. The second-order valence-corrected chi connectivity index (χ2v) is 5.05. The lowest BCUT2D eigenvalue weighted by Crippen LogP contribution is -2.28. The van der Waals surface area contributed by atoms with Gasteiger partial charge >= 0.3 is 0 Å². The fraction of sp³-hybridized carbons (Fsp3) is 0.222. The molecule has 0 bridgehead atoms. The van der Waals surface area contributed by atoms with Crippen molar-refractivity contribution in [2.24, 2.45) is 0 Å². The monoisotopic (exact) mass is 302 g/mol. The molecule has 2 aromatic rings. The Hall–Kier alpha value is -2.36. The molecular weight excluding hydrogens is 282 g/mol. The number of rotatable bonds is 8. The van der Waals surface area contributed by atoms with Crippen molar-refractivity contribution in [3.05, 3.63) is 83.7 Å². The van der Waals surface area contributed by atoms with E-state index in [1.54, 1.807) is 24.3 Å². The van der Waals surface area contributed by atoms with Crippen LogP contribution < -0.4 is 10.6 Å². The molecule has 0 heterocycles. The first-order valence-electron chi connectivity index (χ1n) is 7.29. The van der Waals surface area contributed by atoms with Crippen LogP contribution in [0.3, 0.4) is 0 Å². The summed E-state index contributed by atoms with van der Waals surface area (Å²) in [5, 5.41) is 6.28. The Morgan fingerprint density at radius 3 is 2.18 bits per heavy atom. The summed E-state index contributed by atoms with van der Waals surface area (Å²) in [5.74, 6) is 0.300. The summed E-state index contributed by atoms with van der Waals surface area (Å²) in [4.78, 5) is 0. The Morgan fingerprint density at radius 2 is 1.50 bits per heavy atom. The Balaban J connectivity index is 1.64. The van der Waals surface area contributed by atoms with Crippen LogP contribution in [0.4, 0.5) is 8.78 Å². The predicted octanol–water partition coefficient (Wildman–Crippen LogP) is 3.40. The molecule has 0 fully saturated rings.